The lowest BCUT2D eigenvalue weighted by molar-refractivity contribution is -0.696. The molecule has 0 aliphatic carbocycles. The minimum Gasteiger partial charge on any atom is -0.348 e. The second-order valence-electron chi connectivity index (χ2n) is 10.6. The van der Waals surface area contributed by atoms with Crippen LogP contribution in [0.2, 0.25) is 0 Å². The molecule has 1 aliphatic heterocycles. The molecule has 4 aromatic rings. The molecule has 0 amide bonds. The lowest BCUT2D eigenvalue weighted by Gasteiger charge is -2.28. The van der Waals surface area contributed by atoms with E-state index in [1.165, 1.54) is 49.9 Å². The molecule has 1 unspecified atom stereocenters. The Morgan fingerprint density at radius 1 is 0.850 bits per heavy atom. The molecule has 0 fully saturated rings. The van der Waals surface area contributed by atoms with Crippen LogP contribution in [0.1, 0.15) is 38.5 Å². The Morgan fingerprint density at radius 2 is 1.57 bits per heavy atom. The summed E-state index contributed by atoms with van der Waals surface area (Å²) in [6, 6.07) is 19.0. The summed E-state index contributed by atoms with van der Waals surface area (Å²) >= 11 is 0. The van der Waals surface area contributed by atoms with E-state index in [-0.39, 0.29) is 6.17 Å². The molecule has 3 heterocycles. The van der Waals surface area contributed by atoms with Crippen molar-refractivity contribution in [3.63, 3.8) is 0 Å². The van der Waals surface area contributed by atoms with Gasteiger partial charge in [0.05, 0.1) is 42.7 Å². The number of hydrazone groups is 1. The maximum absolute atomic E-state index is 4.80. The van der Waals surface area contributed by atoms with E-state index in [0.717, 1.165) is 31.9 Å². The SMILES string of the molecule is CN(/N=C/C1N(C)c2ccccc2N1CCCCCC[n+]1ccn(CCCCn2ccnc2)c1)c1ccccc1. The Hall–Kier alpha value is -4.07. The van der Waals surface area contributed by atoms with E-state index in [0.29, 0.717) is 0 Å². The molecule has 0 bridgehead atoms. The fraction of sp³-hybridized carbons (Fsp3) is 0.406. The highest BCUT2D eigenvalue weighted by Gasteiger charge is 2.31. The summed E-state index contributed by atoms with van der Waals surface area (Å²) < 4.78 is 6.79. The number of para-hydroxylation sites is 3. The molecule has 0 saturated carbocycles. The average molecular weight is 540 g/mol. The highest BCUT2D eigenvalue weighted by molar-refractivity contribution is 5.87. The van der Waals surface area contributed by atoms with E-state index in [2.05, 4.69) is 96.9 Å². The van der Waals surface area contributed by atoms with E-state index >= 15 is 0 Å². The molecule has 2 aromatic carbocycles. The van der Waals surface area contributed by atoms with E-state index in [4.69, 9.17) is 5.10 Å². The standard InChI is InChI=1S/C32H43N8/c1-35-30-16-8-9-17-31(30)40(32(35)26-34-36(2)29-14-6-5-7-15-29)22-11-4-3-10-20-38-24-25-39(28-38)21-13-12-19-37-23-18-33-27-37/h5-9,14-18,23-28,32H,3-4,10-13,19-22H2,1-2H3/q+1/b34-26+. The number of nitrogens with zero attached hydrogens (tertiary/aromatic N) is 8. The number of imidazole rings is 2. The van der Waals surface area contributed by atoms with Crippen molar-refractivity contribution < 1.29 is 4.57 Å². The minimum absolute atomic E-state index is 0.110. The third kappa shape index (κ3) is 7.11. The molecule has 0 saturated heterocycles. The van der Waals surface area contributed by atoms with Crippen molar-refractivity contribution in [3.8, 4) is 0 Å². The number of benzene rings is 2. The average Bonchev–Trinajstić information content (AvgIpc) is 3.73. The topological polar surface area (TPSA) is 48.7 Å². The zero-order valence-corrected chi connectivity index (χ0v) is 24.0. The van der Waals surface area contributed by atoms with Crippen molar-refractivity contribution in [1.82, 2.24) is 14.1 Å². The van der Waals surface area contributed by atoms with E-state index in [1.54, 1.807) is 0 Å². The normalized spacial score (nSPS) is 14.8. The molecule has 1 atom stereocenters. The van der Waals surface area contributed by atoms with Gasteiger partial charge >= 0.3 is 0 Å². The molecular weight excluding hydrogens is 496 g/mol. The van der Waals surface area contributed by atoms with Crippen LogP contribution in [0.4, 0.5) is 17.1 Å². The highest BCUT2D eigenvalue weighted by atomic mass is 15.5. The van der Waals surface area contributed by atoms with Gasteiger partial charge in [0.25, 0.3) is 0 Å². The van der Waals surface area contributed by atoms with Gasteiger partial charge in [-0.2, -0.15) is 5.10 Å². The predicted molar refractivity (Wildman–Crippen MR) is 164 cm³/mol. The van der Waals surface area contributed by atoms with Crippen molar-refractivity contribution in [3.05, 3.63) is 92.0 Å². The van der Waals surface area contributed by atoms with Crippen molar-refractivity contribution >= 4 is 23.3 Å². The van der Waals surface area contributed by atoms with Crippen molar-refractivity contribution in [2.24, 2.45) is 5.10 Å². The molecule has 0 spiro atoms. The van der Waals surface area contributed by atoms with Crippen LogP contribution in [0, 0.1) is 0 Å². The summed E-state index contributed by atoms with van der Waals surface area (Å²) in [6.45, 7) is 4.21. The van der Waals surface area contributed by atoms with Gasteiger partial charge in [-0.05, 0) is 56.4 Å². The lowest BCUT2D eigenvalue weighted by Crippen LogP contribution is -2.43. The van der Waals surface area contributed by atoms with Crippen LogP contribution in [0.5, 0.6) is 0 Å². The summed E-state index contributed by atoms with van der Waals surface area (Å²) in [6.07, 6.45) is 21.8. The smallest absolute Gasteiger partial charge is 0.243 e. The first-order chi connectivity index (χ1) is 19.7. The van der Waals surface area contributed by atoms with Gasteiger partial charge < -0.3 is 14.4 Å². The summed E-state index contributed by atoms with van der Waals surface area (Å²) in [5.41, 5.74) is 3.65. The Bertz CT molecular complexity index is 1310. The number of fused-ring (bicyclic) bond motifs is 1. The van der Waals surface area contributed by atoms with Gasteiger partial charge in [0.1, 0.15) is 18.6 Å². The third-order valence-corrected chi connectivity index (χ3v) is 7.74. The first-order valence-corrected chi connectivity index (χ1v) is 14.6. The predicted octanol–water partition coefficient (Wildman–Crippen LogP) is 5.42. The van der Waals surface area contributed by atoms with Crippen LogP contribution in [-0.2, 0) is 19.6 Å². The number of unbranched alkanes of at least 4 members (excludes halogenated alkanes) is 4. The van der Waals surface area contributed by atoms with Crippen molar-refractivity contribution in [2.45, 2.75) is 64.3 Å². The zero-order chi connectivity index (χ0) is 27.6. The molecule has 210 valence electrons. The number of rotatable bonds is 15. The van der Waals surface area contributed by atoms with Crippen LogP contribution >= 0.6 is 0 Å². The Kier molecular flexibility index (Phi) is 9.50. The largest absolute Gasteiger partial charge is 0.348 e. The van der Waals surface area contributed by atoms with Crippen LogP contribution in [0.3, 0.4) is 0 Å². The number of aromatic nitrogens is 4. The van der Waals surface area contributed by atoms with Gasteiger partial charge in [0, 0.05) is 39.6 Å². The van der Waals surface area contributed by atoms with Crippen molar-refractivity contribution in [2.75, 3.05) is 35.4 Å². The Balaban J connectivity index is 1.05. The van der Waals surface area contributed by atoms with Crippen LogP contribution in [-0.4, -0.2) is 47.1 Å². The first kappa shape index (κ1) is 27.5. The van der Waals surface area contributed by atoms with E-state index < -0.39 is 0 Å². The molecule has 0 radical (unpaired) electrons. The molecule has 2 aromatic heterocycles. The zero-order valence-electron chi connectivity index (χ0n) is 24.0. The molecule has 8 heteroatoms. The maximum atomic E-state index is 4.80. The van der Waals surface area contributed by atoms with Crippen LogP contribution in [0.25, 0.3) is 0 Å². The van der Waals surface area contributed by atoms with Gasteiger partial charge in [0.15, 0.2) is 0 Å². The van der Waals surface area contributed by atoms with Crippen molar-refractivity contribution in [1.29, 1.82) is 0 Å². The van der Waals surface area contributed by atoms with E-state index in [9.17, 15) is 0 Å². The summed E-state index contributed by atoms with van der Waals surface area (Å²) in [4.78, 5) is 8.94. The fourth-order valence-corrected chi connectivity index (χ4v) is 5.44. The Labute approximate surface area is 238 Å². The summed E-state index contributed by atoms with van der Waals surface area (Å²) in [5, 5.41) is 6.75. The highest BCUT2D eigenvalue weighted by Crippen LogP contribution is 2.38. The number of aryl methyl sites for hydroxylation is 3. The molecule has 0 N–H and O–H groups in total. The van der Waals surface area contributed by atoms with Gasteiger partial charge in [-0.25, -0.2) is 14.1 Å². The number of hydrogen-bond donors (Lipinski definition) is 0. The van der Waals surface area contributed by atoms with Gasteiger partial charge in [-0.15, -0.1) is 0 Å². The fourth-order valence-electron chi connectivity index (χ4n) is 5.44. The summed E-state index contributed by atoms with van der Waals surface area (Å²) in [7, 11) is 4.18. The lowest BCUT2D eigenvalue weighted by atomic mass is 10.1. The quantitative estimate of drug-likeness (QED) is 0.0876. The number of anilines is 3. The van der Waals surface area contributed by atoms with Gasteiger partial charge in [0.2, 0.25) is 6.33 Å². The molecule has 5 rings (SSSR count). The monoisotopic (exact) mass is 539 g/mol. The van der Waals surface area contributed by atoms with Gasteiger partial charge in [-0.1, -0.05) is 36.8 Å². The molecule has 8 nitrogen and oxygen atoms in total. The number of hydrogen-bond acceptors (Lipinski definition) is 5. The van der Waals surface area contributed by atoms with Gasteiger partial charge in [-0.3, -0.25) is 5.01 Å². The molecule has 40 heavy (non-hydrogen) atoms. The molecular formula is C32H43N8+. The maximum Gasteiger partial charge on any atom is 0.243 e. The molecule has 1 aliphatic rings. The summed E-state index contributed by atoms with van der Waals surface area (Å²) in [5.74, 6) is 0. The van der Waals surface area contributed by atoms with E-state index in [1.807, 2.05) is 49.0 Å². The van der Waals surface area contributed by atoms with Crippen LogP contribution < -0.4 is 19.4 Å². The third-order valence-electron chi connectivity index (χ3n) is 7.74. The van der Waals surface area contributed by atoms with Crippen LogP contribution in [0.15, 0.2) is 97.1 Å². The second kappa shape index (κ2) is 13.8. The minimum atomic E-state index is 0.110. The second-order valence-corrected chi connectivity index (χ2v) is 10.6. The Morgan fingerprint density at radius 3 is 2.38 bits per heavy atom. The first-order valence-electron chi connectivity index (χ1n) is 14.6.